The summed E-state index contributed by atoms with van der Waals surface area (Å²) in [5, 5.41) is 11.1. The fourth-order valence-electron chi connectivity index (χ4n) is 1.62. The highest BCUT2D eigenvalue weighted by Crippen LogP contribution is 2.36. The second kappa shape index (κ2) is 8.43. The maximum Gasteiger partial charge on any atom is 0.325 e. The molecule has 1 atom stereocenters. The molecule has 120 valence electrons. The quantitative estimate of drug-likeness (QED) is 0.719. The highest BCUT2D eigenvalue weighted by Gasteiger charge is 2.13. The fraction of sp³-hybridized carbons (Fsp3) is 0.333. The van der Waals surface area contributed by atoms with Crippen LogP contribution < -0.4 is 14.8 Å². The Labute approximate surface area is 137 Å². The number of halogens is 1. The van der Waals surface area contributed by atoms with E-state index in [1.54, 1.807) is 18.2 Å². The zero-order valence-electron chi connectivity index (χ0n) is 12.6. The first-order valence-electron chi connectivity index (χ1n) is 6.60. The van der Waals surface area contributed by atoms with Gasteiger partial charge in [-0.15, -0.1) is 0 Å². The van der Waals surface area contributed by atoms with Crippen LogP contribution in [-0.4, -0.2) is 36.7 Å². The number of amides is 1. The molecule has 0 aliphatic carbocycles. The van der Waals surface area contributed by atoms with Crippen molar-refractivity contribution >= 4 is 33.9 Å². The summed E-state index contributed by atoms with van der Waals surface area (Å²) in [6, 6.07) is 2.55. The average Bonchev–Trinajstić information content (AvgIpc) is 2.47. The number of benzene rings is 1. The molecule has 0 aliphatic rings. The zero-order chi connectivity index (χ0) is 16.7. The number of carboxylic acid groups (broad SMARTS) is 1. The lowest BCUT2D eigenvalue weighted by Gasteiger charge is -2.12. The summed E-state index contributed by atoms with van der Waals surface area (Å²) in [5.74, 6) is -0.451. The van der Waals surface area contributed by atoms with Crippen LogP contribution in [0.15, 0.2) is 22.7 Å². The molecule has 0 radical (unpaired) electrons. The van der Waals surface area contributed by atoms with Gasteiger partial charge in [0.05, 0.1) is 18.2 Å². The number of carboxylic acids is 1. The maximum atomic E-state index is 11.6. The van der Waals surface area contributed by atoms with Crippen LogP contribution in [0.3, 0.4) is 0 Å². The summed E-state index contributed by atoms with van der Waals surface area (Å²) >= 11 is 3.39. The van der Waals surface area contributed by atoms with Crippen molar-refractivity contribution in [1.29, 1.82) is 0 Å². The normalized spacial score (nSPS) is 12.0. The standard InChI is InChI=1S/C15H18BrNO5/c1-4-22-14-11(16)7-10(8-12(14)21-3)5-6-13(18)17-9(2)15(19)20/h5-9H,4H2,1-3H3,(H,17,18)(H,19,20)/b6-5+/t9-/m0/s1. The van der Waals surface area contributed by atoms with Crippen molar-refractivity contribution in [3.8, 4) is 11.5 Å². The van der Waals surface area contributed by atoms with E-state index in [0.717, 1.165) is 0 Å². The van der Waals surface area contributed by atoms with Crippen molar-refractivity contribution < 1.29 is 24.2 Å². The first-order chi connectivity index (χ1) is 10.4. The van der Waals surface area contributed by atoms with E-state index in [1.807, 2.05) is 6.92 Å². The number of hydrogen-bond donors (Lipinski definition) is 2. The molecule has 1 aromatic rings. The number of carbonyl (C=O) groups excluding carboxylic acids is 1. The van der Waals surface area contributed by atoms with Crippen molar-refractivity contribution in [3.63, 3.8) is 0 Å². The van der Waals surface area contributed by atoms with Crippen molar-refractivity contribution in [3.05, 3.63) is 28.2 Å². The van der Waals surface area contributed by atoms with E-state index in [4.69, 9.17) is 14.6 Å². The van der Waals surface area contributed by atoms with Crippen molar-refractivity contribution in [1.82, 2.24) is 5.32 Å². The molecule has 0 aromatic heterocycles. The Morgan fingerprint density at radius 3 is 2.68 bits per heavy atom. The smallest absolute Gasteiger partial charge is 0.325 e. The Kier molecular flexibility index (Phi) is 6.91. The van der Waals surface area contributed by atoms with E-state index in [9.17, 15) is 9.59 Å². The van der Waals surface area contributed by atoms with Gasteiger partial charge in [-0.25, -0.2) is 0 Å². The number of nitrogens with one attached hydrogen (secondary N) is 1. The topological polar surface area (TPSA) is 84.9 Å². The summed E-state index contributed by atoms with van der Waals surface area (Å²) in [5.41, 5.74) is 0.713. The van der Waals surface area contributed by atoms with E-state index in [0.29, 0.717) is 28.1 Å². The van der Waals surface area contributed by atoms with Crippen LogP contribution in [0.1, 0.15) is 19.4 Å². The van der Waals surface area contributed by atoms with Gasteiger partial charge in [-0.2, -0.15) is 0 Å². The molecule has 1 aromatic carbocycles. The van der Waals surface area contributed by atoms with Gasteiger partial charge in [0.2, 0.25) is 5.91 Å². The summed E-state index contributed by atoms with van der Waals surface area (Å²) in [4.78, 5) is 22.3. The fourth-order valence-corrected chi connectivity index (χ4v) is 2.19. The van der Waals surface area contributed by atoms with Gasteiger partial charge < -0.3 is 19.9 Å². The second-order valence-electron chi connectivity index (χ2n) is 4.37. The largest absolute Gasteiger partial charge is 0.493 e. The van der Waals surface area contributed by atoms with Crippen LogP contribution in [0.2, 0.25) is 0 Å². The van der Waals surface area contributed by atoms with Crippen LogP contribution >= 0.6 is 15.9 Å². The van der Waals surface area contributed by atoms with Crippen molar-refractivity contribution in [2.24, 2.45) is 0 Å². The monoisotopic (exact) mass is 371 g/mol. The maximum absolute atomic E-state index is 11.6. The summed E-state index contributed by atoms with van der Waals surface area (Å²) in [6.45, 7) is 3.76. The lowest BCUT2D eigenvalue weighted by Crippen LogP contribution is -2.37. The Morgan fingerprint density at radius 2 is 2.14 bits per heavy atom. The van der Waals surface area contributed by atoms with Gasteiger partial charge in [0.1, 0.15) is 6.04 Å². The lowest BCUT2D eigenvalue weighted by molar-refractivity contribution is -0.140. The first-order valence-corrected chi connectivity index (χ1v) is 7.40. The molecule has 2 N–H and O–H groups in total. The molecule has 0 saturated carbocycles. The minimum atomic E-state index is -1.09. The molecule has 0 bridgehead atoms. The Balaban J connectivity index is 2.89. The van der Waals surface area contributed by atoms with Gasteiger partial charge in [-0.1, -0.05) is 0 Å². The summed E-state index contributed by atoms with van der Waals surface area (Å²) in [6.07, 6.45) is 2.83. The lowest BCUT2D eigenvalue weighted by atomic mass is 10.2. The van der Waals surface area contributed by atoms with Crippen LogP contribution in [0, 0.1) is 0 Å². The molecule has 0 unspecified atom stereocenters. The number of rotatable bonds is 7. The molecule has 0 heterocycles. The first kappa shape index (κ1) is 18.0. The number of carbonyl (C=O) groups is 2. The highest BCUT2D eigenvalue weighted by molar-refractivity contribution is 9.10. The van der Waals surface area contributed by atoms with Gasteiger partial charge in [0, 0.05) is 6.08 Å². The second-order valence-corrected chi connectivity index (χ2v) is 5.22. The Morgan fingerprint density at radius 1 is 1.45 bits per heavy atom. The number of hydrogen-bond acceptors (Lipinski definition) is 4. The molecule has 0 spiro atoms. The predicted octanol–water partition coefficient (Wildman–Crippen LogP) is 2.46. The van der Waals surface area contributed by atoms with E-state index in [-0.39, 0.29) is 0 Å². The zero-order valence-corrected chi connectivity index (χ0v) is 14.1. The molecular weight excluding hydrogens is 354 g/mol. The molecule has 0 aliphatic heterocycles. The molecule has 22 heavy (non-hydrogen) atoms. The van der Waals surface area contributed by atoms with Gasteiger partial charge in [0.15, 0.2) is 11.5 Å². The minimum absolute atomic E-state index is 0.487. The van der Waals surface area contributed by atoms with Crippen molar-refractivity contribution in [2.45, 2.75) is 19.9 Å². The van der Waals surface area contributed by atoms with Gasteiger partial charge >= 0.3 is 5.97 Å². The summed E-state index contributed by atoms with van der Waals surface area (Å²) in [7, 11) is 1.53. The number of ether oxygens (including phenoxy) is 2. The van der Waals surface area contributed by atoms with Gasteiger partial charge in [-0.05, 0) is 53.5 Å². The molecule has 7 heteroatoms. The molecule has 6 nitrogen and oxygen atoms in total. The van der Waals surface area contributed by atoms with Crippen LogP contribution in [0.4, 0.5) is 0 Å². The molecular formula is C15H18BrNO5. The third-order valence-corrected chi connectivity index (χ3v) is 3.29. The molecule has 0 fully saturated rings. The average molecular weight is 372 g/mol. The predicted molar refractivity (Wildman–Crippen MR) is 86.1 cm³/mol. The van der Waals surface area contributed by atoms with Crippen LogP contribution in [-0.2, 0) is 9.59 Å². The SMILES string of the molecule is CCOc1c(Br)cc(/C=C/C(=O)N[C@@H](C)C(=O)O)cc1OC. The van der Waals surface area contributed by atoms with E-state index in [1.165, 1.54) is 20.1 Å². The molecule has 0 saturated heterocycles. The minimum Gasteiger partial charge on any atom is -0.493 e. The van der Waals surface area contributed by atoms with Crippen LogP contribution in [0.25, 0.3) is 6.08 Å². The third kappa shape index (κ3) is 5.07. The number of methoxy groups -OCH3 is 1. The summed E-state index contributed by atoms with van der Waals surface area (Å²) < 4.78 is 11.4. The third-order valence-electron chi connectivity index (χ3n) is 2.70. The van der Waals surface area contributed by atoms with E-state index < -0.39 is 17.9 Å². The molecule has 1 amide bonds. The van der Waals surface area contributed by atoms with Crippen molar-refractivity contribution in [2.75, 3.05) is 13.7 Å². The van der Waals surface area contributed by atoms with Gasteiger partial charge in [-0.3, -0.25) is 9.59 Å². The molecule has 1 rings (SSSR count). The van der Waals surface area contributed by atoms with E-state index in [2.05, 4.69) is 21.2 Å². The van der Waals surface area contributed by atoms with E-state index >= 15 is 0 Å². The number of aliphatic carboxylic acids is 1. The Hall–Kier alpha value is -2.02. The van der Waals surface area contributed by atoms with Gasteiger partial charge in [0.25, 0.3) is 0 Å². The highest BCUT2D eigenvalue weighted by atomic mass is 79.9. The van der Waals surface area contributed by atoms with Crippen LogP contribution in [0.5, 0.6) is 11.5 Å². The Bertz CT molecular complexity index is 586.